The summed E-state index contributed by atoms with van der Waals surface area (Å²) in [5.74, 6) is 0.0426. The highest BCUT2D eigenvalue weighted by Crippen LogP contribution is 2.19. The van der Waals surface area contributed by atoms with Crippen LogP contribution in [-0.2, 0) is 22.6 Å². The molecule has 0 aliphatic carbocycles. The Morgan fingerprint density at radius 2 is 2.03 bits per heavy atom. The molecule has 1 saturated heterocycles. The number of halogens is 1. The molecule has 31 heavy (non-hydrogen) atoms. The molecule has 3 aromatic rings. The van der Waals surface area contributed by atoms with Crippen LogP contribution in [0.15, 0.2) is 54.9 Å². The van der Waals surface area contributed by atoms with E-state index in [1.165, 1.54) is 5.56 Å². The van der Waals surface area contributed by atoms with E-state index < -0.39 is 6.04 Å². The van der Waals surface area contributed by atoms with Crippen molar-refractivity contribution in [3.63, 3.8) is 0 Å². The van der Waals surface area contributed by atoms with Crippen molar-refractivity contribution in [2.45, 2.75) is 38.4 Å². The van der Waals surface area contributed by atoms with Gasteiger partial charge in [-0.3, -0.25) is 14.0 Å². The summed E-state index contributed by atoms with van der Waals surface area (Å²) < 4.78 is 1.76. The monoisotopic (exact) mass is 439 g/mol. The molecule has 3 atom stereocenters. The smallest absolute Gasteiger partial charge is 0.242 e. The largest absolute Gasteiger partial charge is 0.350 e. The molecule has 2 amide bonds. The molecule has 8 heteroatoms. The molecule has 2 aromatic heterocycles. The van der Waals surface area contributed by atoms with Crippen LogP contribution < -0.4 is 16.0 Å². The second kappa shape index (κ2) is 9.49. The summed E-state index contributed by atoms with van der Waals surface area (Å²) in [5.41, 5.74) is 2.91. The van der Waals surface area contributed by atoms with Crippen molar-refractivity contribution in [1.29, 1.82) is 0 Å². The van der Waals surface area contributed by atoms with E-state index in [0.29, 0.717) is 17.6 Å². The van der Waals surface area contributed by atoms with Crippen LogP contribution in [0.3, 0.4) is 0 Å². The van der Waals surface area contributed by atoms with E-state index in [2.05, 4.69) is 33.1 Å². The van der Waals surface area contributed by atoms with Crippen molar-refractivity contribution < 1.29 is 9.59 Å². The van der Waals surface area contributed by atoms with Gasteiger partial charge >= 0.3 is 0 Å². The number of nitrogens with zero attached hydrogens (tertiary/aromatic N) is 2. The fourth-order valence-corrected chi connectivity index (χ4v) is 4.12. The van der Waals surface area contributed by atoms with Crippen molar-refractivity contribution in [1.82, 2.24) is 25.3 Å². The Labute approximate surface area is 186 Å². The lowest BCUT2D eigenvalue weighted by molar-refractivity contribution is -0.129. The van der Waals surface area contributed by atoms with Crippen LogP contribution >= 0.6 is 11.6 Å². The summed E-state index contributed by atoms with van der Waals surface area (Å²) in [5, 5.41) is 9.48. The molecule has 1 aliphatic rings. The van der Waals surface area contributed by atoms with E-state index in [1.54, 1.807) is 17.5 Å². The number of imidazole rings is 1. The lowest BCUT2D eigenvalue weighted by Crippen LogP contribution is -2.49. The Morgan fingerprint density at radius 3 is 2.84 bits per heavy atom. The van der Waals surface area contributed by atoms with Crippen LogP contribution in [0.5, 0.6) is 0 Å². The van der Waals surface area contributed by atoms with Crippen molar-refractivity contribution in [2.24, 2.45) is 5.92 Å². The van der Waals surface area contributed by atoms with E-state index in [-0.39, 0.29) is 17.9 Å². The molecule has 0 radical (unpaired) electrons. The number of aromatic nitrogens is 2. The van der Waals surface area contributed by atoms with E-state index in [1.807, 2.05) is 36.5 Å². The van der Waals surface area contributed by atoms with Crippen LogP contribution in [-0.4, -0.2) is 39.8 Å². The number of pyridine rings is 1. The molecule has 4 rings (SSSR count). The zero-order valence-electron chi connectivity index (χ0n) is 17.3. The maximum absolute atomic E-state index is 12.6. The highest BCUT2D eigenvalue weighted by atomic mass is 35.5. The van der Waals surface area contributed by atoms with Gasteiger partial charge in [0.1, 0.15) is 16.8 Å². The Bertz CT molecular complexity index is 1070. The van der Waals surface area contributed by atoms with Gasteiger partial charge in [-0.2, -0.15) is 0 Å². The van der Waals surface area contributed by atoms with Crippen molar-refractivity contribution >= 4 is 29.1 Å². The van der Waals surface area contributed by atoms with E-state index in [9.17, 15) is 9.59 Å². The van der Waals surface area contributed by atoms with Gasteiger partial charge in [-0.05, 0) is 49.4 Å². The first-order valence-electron chi connectivity index (χ1n) is 10.5. The predicted molar refractivity (Wildman–Crippen MR) is 120 cm³/mol. The summed E-state index contributed by atoms with van der Waals surface area (Å²) in [7, 11) is 0. The van der Waals surface area contributed by atoms with Crippen LogP contribution in [0.25, 0.3) is 5.65 Å². The fourth-order valence-electron chi connectivity index (χ4n) is 3.93. The average Bonchev–Trinajstić information content (AvgIpc) is 3.39. The van der Waals surface area contributed by atoms with E-state index in [4.69, 9.17) is 11.6 Å². The van der Waals surface area contributed by atoms with Crippen LogP contribution in [0.1, 0.15) is 24.5 Å². The number of nitrogens with one attached hydrogen (secondary N) is 3. The number of benzene rings is 1. The summed E-state index contributed by atoms with van der Waals surface area (Å²) >= 11 is 6.09. The zero-order valence-corrected chi connectivity index (χ0v) is 18.1. The van der Waals surface area contributed by atoms with Crippen LogP contribution in [0, 0.1) is 5.92 Å². The minimum absolute atomic E-state index is 0.134. The maximum atomic E-state index is 12.6. The average molecular weight is 440 g/mol. The molecule has 0 unspecified atom stereocenters. The van der Waals surface area contributed by atoms with Gasteiger partial charge < -0.3 is 16.0 Å². The third-order valence-corrected chi connectivity index (χ3v) is 5.93. The fraction of sp³-hybridized carbons (Fsp3) is 0.348. The first kappa shape index (κ1) is 21.3. The highest BCUT2D eigenvalue weighted by Gasteiger charge is 2.30. The summed E-state index contributed by atoms with van der Waals surface area (Å²) in [4.78, 5) is 29.2. The SMILES string of the molecule is C[C@H](NC(=O)[C@H]1C[C@H](Cc2ccccc2)CN1)C(=O)NCc1ccc2ncc(Cl)n2c1. The molecule has 3 heterocycles. The van der Waals surface area contributed by atoms with Gasteiger partial charge in [-0.1, -0.05) is 48.0 Å². The Hall–Kier alpha value is -2.90. The zero-order chi connectivity index (χ0) is 21.8. The predicted octanol–water partition coefficient (Wildman–Crippen LogP) is 2.33. The van der Waals surface area contributed by atoms with Crippen LogP contribution in [0.4, 0.5) is 0 Å². The van der Waals surface area contributed by atoms with Crippen LogP contribution in [0.2, 0.25) is 5.15 Å². The number of rotatable bonds is 7. The number of hydrogen-bond acceptors (Lipinski definition) is 4. The standard InChI is InChI=1S/C23H26ClN5O2/c1-15(22(30)27-11-17-7-8-21-26-13-20(24)29(21)14-17)28-23(31)19-10-18(12-25-19)9-16-5-3-2-4-6-16/h2-8,13-15,18-19,25H,9-12H2,1H3,(H,27,30)(H,28,31)/t15-,18-,19+/m0/s1. The molecule has 0 spiro atoms. The lowest BCUT2D eigenvalue weighted by Gasteiger charge is -2.17. The molecule has 3 N–H and O–H groups in total. The third-order valence-electron chi connectivity index (χ3n) is 5.65. The first-order valence-corrected chi connectivity index (χ1v) is 10.8. The summed E-state index contributed by atoms with van der Waals surface area (Å²) in [6.45, 7) is 2.83. The quantitative estimate of drug-likeness (QED) is 0.527. The van der Waals surface area contributed by atoms with E-state index in [0.717, 1.165) is 30.6 Å². The second-order valence-electron chi connectivity index (χ2n) is 8.05. The minimum Gasteiger partial charge on any atom is -0.350 e. The van der Waals surface area contributed by atoms with Crippen molar-refractivity contribution in [3.05, 3.63) is 71.1 Å². The molecule has 0 bridgehead atoms. The Balaban J connectivity index is 1.24. The van der Waals surface area contributed by atoms with E-state index >= 15 is 0 Å². The molecule has 162 valence electrons. The molecule has 1 aliphatic heterocycles. The second-order valence-corrected chi connectivity index (χ2v) is 8.43. The lowest BCUT2D eigenvalue weighted by atomic mass is 9.96. The van der Waals surface area contributed by atoms with Gasteiger partial charge in [0.15, 0.2) is 0 Å². The molecule has 1 fully saturated rings. The third kappa shape index (κ3) is 5.24. The Kier molecular flexibility index (Phi) is 6.53. The number of hydrogen-bond donors (Lipinski definition) is 3. The molecular formula is C23H26ClN5O2. The summed E-state index contributed by atoms with van der Waals surface area (Å²) in [6, 6.07) is 13.1. The number of carbonyl (C=O) groups excluding carboxylic acids is 2. The molecule has 0 saturated carbocycles. The van der Waals surface area contributed by atoms with Gasteiger partial charge in [0.05, 0.1) is 12.2 Å². The normalized spacial score (nSPS) is 19.3. The maximum Gasteiger partial charge on any atom is 0.242 e. The van der Waals surface area contributed by atoms with Gasteiger partial charge in [-0.25, -0.2) is 4.98 Å². The van der Waals surface area contributed by atoms with Crippen molar-refractivity contribution in [3.8, 4) is 0 Å². The molecule has 1 aromatic carbocycles. The topological polar surface area (TPSA) is 87.5 Å². The van der Waals surface area contributed by atoms with Gasteiger partial charge in [0.2, 0.25) is 11.8 Å². The summed E-state index contributed by atoms with van der Waals surface area (Å²) in [6.07, 6.45) is 5.13. The highest BCUT2D eigenvalue weighted by molar-refractivity contribution is 6.29. The number of carbonyl (C=O) groups is 2. The van der Waals surface area contributed by atoms with Gasteiger partial charge in [0.25, 0.3) is 0 Å². The van der Waals surface area contributed by atoms with Crippen molar-refractivity contribution in [2.75, 3.05) is 6.54 Å². The number of amides is 2. The minimum atomic E-state index is -0.622. The van der Waals surface area contributed by atoms with Gasteiger partial charge in [0, 0.05) is 12.7 Å². The Morgan fingerprint density at radius 1 is 1.23 bits per heavy atom. The van der Waals surface area contributed by atoms with Gasteiger partial charge in [-0.15, -0.1) is 0 Å². The number of fused-ring (bicyclic) bond motifs is 1. The molecular weight excluding hydrogens is 414 g/mol. The first-order chi connectivity index (χ1) is 15.0. The molecule has 7 nitrogen and oxygen atoms in total.